The van der Waals surface area contributed by atoms with Crippen molar-refractivity contribution < 1.29 is 9.22 Å². The van der Waals surface area contributed by atoms with Crippen LogP contribution in [0.5, 0.6) is 0 Å². The Morgan fingerprint density at radius 1 is 1.27 bits per heavy atom. The first-order valence-electron chi connectivity index (χ1n) is 8.83. The van der Waals surface area contributed by atoms with Crippen LogP contribution < -0.4 is 0 Å². The average molecular weight is 321 g/mol. The van der Waals surface area contributed by atoms with E-state index in [9.17, 15) is 4.79 Å². The molecule has 22 heavy (non-hydrogen) atoms. The molecule has 2 fully saturated rings. The van der Waals surface area contributed by atoms with Gasteiger partial charge in [-0.05, 0) is 54.8 Å². The van der Waals surface area contributed by atoms with Crippen LogP contribution in [0.1, 0.15) is 60.3 Å². The van der Waals surface area contributed by atoms with Gasteiger partial charge in [0, 0.05) is 11.8 Å². The molecule has 0 bridgehead atoms. The molecule has 3 aliphatic carbocycles. The van der Waals surface area contributed by atoms with Gasteiger partial charge in [-0.1, -0.05) is 40.2 Å². The minimum atomic E-state index is -1.75. The summed E-state index contributed by atoms with van der Waals surface area (Å²) in [7, 11) is -1.75. The van der Waals surface area contributed by atoms with Crippen molar-refractivity contribution in [1.82, 2.24) is 0 Å². The zero-order valence-electron chi connectivity index (χ0n) is 15.4. The summed E-state index contributed by atoms with van der Waals surface area (Å²) in [5.41, 5.74) is 1.83. The van der Waals surface area contributed by atoms with Gasteiger partial charge in [-0.2, -0.15) is 0 Å². The molecule has 0 saturated heterocycles. The van der Waals surface area contributed by atoms with Gasteiger partial charge in [0.05, 0.1) is 6.10 Å². The predicted octanol–water partition coefficient (Wildman–Crippen LogP) is 5.10. The maximum atomic E-state index is 11.8. The van der Waals surface area contributed by atoms with Crippen LogP contribution in [0, 0.1) is 16.7 Å². The first-order valence-corrected chi connectivity index (χ1v) is 11.7. The van der Waals surface area contributed by atoms with Crippen LogP contribution >= 0.6 is 0 Å². The summed E-state index contributed by atoms with van der Waals surface area (Å²) in [6.45, 7) is 16.5. The summed E-state index contributed by atoms with van der Waals surface area (Å²) in [5.74, 6) is 0.838. The van der Waals surface area contributed by atoms with Crippen LogP contribution in [0.3, 0.4) is 0 Å². The number of carbonyl (C=O) groups excluding carboxylic acids is 1. The largest absolute Gasteiger partial charge is 0.413 e. The second kappa shape index (κ2) is 4.57. The van der Waals surface area contributed by atoms with E-state index >= 15 is 0 Å². The van der Waals surface area contributed by atoms with Gasteiger partial charge in [0.2, 0.25) is 0 Å². The molecule has 0 aromatic carbocycles. The van der Waals surface area contributed by atoms with Crippen LogP contribution in [0.4, 0.5) is 0 Å². The maximum absolute atomic E-state index is 11.8. The lowest BCUT2D eigenvalue weighted by atomic mass is 9.68. The van der Waals surface area contributed by atoms with Crippen LogP contribution in [0.15, 0.2) is 11.6 Å². The molecule has 124 valence electrons. The van der Waals surface area contributed by atoms with E-state index in [0.717, 1.165) is 19.3 Å². The Labute approximate surface area is 136 Å². The third-order valence-electron chi connectivity index (χ3n) is 7.63. The van der Waals surface area contributed by atoms with Gasteiger partial charge in [0.1, 0.15) is 0 Å². The van der Waals surface area contributed by atoms with Crippen molar-refractivity contribution in [1.29, 1.82) is 0 Å². The quantitative estimate of drug-likeness (QED) is 0.661. The lowest BCUT2D eigenvalue weighted by Crippen LogP contribution is -2.48. The summed E-state index contributed by atoms with van der Waals surface area (Å²) in [4.78, 5) is 11.8. The van der Waals surface area contributed by atoms with Crippen molar-refractivity contribution in [2.75, 3.05) is 0 Å². The lowest BCUT2D eigenvalue weighted by Gasteiger charge is -2.45. The second-order valence-corrected chi connectivity index (χ2v) is 14.6. The molecule has 3 aliphatic rings. The standard InChI is InChI=1S/C19H32O2Si/c1-17(2,3)22(6,7)21-16-8-9-18(4)15-11-14(20)10-13(15)12-19(16,18)5/h11,13,16H,8-10,12H2,1-7H3/t13?,16-,18-,19-/m1/s1. The summed E-state index contributed by atoms with van der Waals surface area (Å²) < 4.78 is 6.86. The third-order valence-corrected chi connectivity index (χ3v) is 12.1. The molecule has 2 saturated carbocycles. The van der Waals surface area contributed by atoms with Crippen LogP contribution in [-0.4, -0.2) is 20.2 Å². The van der Waals surface area contributed by atoms with E-state index in [4.69, 9.17) is 4.43 Å². The first kappa shape index (κ1) is 16.4. The number of carbonyl (C=O) groups is 1. The molecule has 0 amide bonds. The fourth-order valence-electron chi connectivity index (χ4n) is 4.94. The van der Waals surface area contributed by atoms with E-state index in [1.165, 1.54) is 12.0 Å². The van der Waals surface area contributed by atoms with Gasteiger partial charge in [0.25, 0.3) is 0 Å². The minimum absolute atomic E-state index is 0.177. The Kier molecular flexibility index (Phi) is 3.41. The molecule has 0 radical (unpaired) electrons. The van der Waals surface area contributed by atoms with Gasteiger partial charge >= 0.3 is 0 Å². The van der Waals surface area contributed by atoms with Gasteiger partial charge in [-0.15, -0.1) is 0 Å². The van der Waals surface area contributed by atoms with Crippen molar-refractivity contribution in [3.05, 3.63) is 11.6 Å². The molecule has 0 N–H and O–H groups in total. The summed E-state index contributed by atoms with van der Waals surface area (Å²) in [5, 5.41) is 0.256. The number of fused-ring (bicyclic) bond motifs is 3. The summed E-state index contributed by atoms with van der Waals surface area (Å²) in [6, 6.07) is 0. The van der Waals surface area contributed by atoms with Gasteiger partial charge < -0.3 is 4.43 Å². The minimum Gasteiger partial charge on any atom is -0.413 e. The number of ketones is 1. The Hall–Kier alpha value is -0.413. The van der Waals surface area contributed by atoms with E-state index < -0.39 is 8.32 Å². The van der Waals surface area contributed by atoms with Crippen molar-refractivity contribution in [2.24, 2.45) is 16.7 Å². The van der Waals surface area contributed by atoms with Gasteiger partial charge in [-0.3, -0.25) is 4.79 Å². The zero-order valence-corrected chi connectivity index (χ0v) is 16.4. The average Bonchev–Trinajstić information content (AvgIpc) is 2.88. The van der Waals surface area contributed by atoms with E-state index in [2.05, 4.69) is 47.7 Å². The molecular weight excluding hydrogens is 288 g/mol. The monoisotopic (exact) mass is 320 g/mol. The smallest absolute Gasteiger partial charge is 0.192 e. The number of rotatable bonds is 2. The molecule has 0 aromatic rings. The van der Waals surface area contributed by atoms with Crippen LogP contribution in [-0.2, 0) is 9.22 Å². The molecule has 0 aliphatic heterocycles. The molecule has 0 heterocycles. The maximum Gasteiger partial charge on any atom is 0.192 e. The fourth-order valence-corrected chi connectivity index (χ4v) is 6.38. The molecular formula is C19H32O2Si. The van der Waals surface area contributed by atoms with E-state index in [-0.39, 0.29) is 15.9 Å². The van der Waals surface area contributed by atoms with Crippen molar-refractivity contribution in [2.45, 2.75) is 84.5 Å². The summed E-state index contributed by atoms with van der Waals surface area (Å²) in [6.07, 6.45) is 6.55. The highest BCUT2D eigenvalue weighted by Gasteiger charge is 2.64. The topological polar surface area (TPSA) is 26.3 Å². The van der Waals surface area contributed by atoms with Crippen molar-refractivity contribution in [3.8, 4) is 0 Å². The van der Waals surface area contributed by atoms with Crippen LogP contribution in [0.2, 0.25) is 18.1 Å². The fraction of sp³-hybridized carbons (Fsp3) is 0.842. The van der Waals surface area contributed by atoms with E-state index in [1.807, 2.05) is 6.08 Å². The highest BCUT2D eigenvalue weighted by atomic mass is 28.4. The molecule has 1 unspecified atom stereocenters. The number of hydrogen-bond acceptors (Lipinski definition) is 2. The Morgan fingerprint density at radius 3 is 2.50 bits per heavy atom. The highest BCUT2D eigenvalue weighted by Crippen LogP contribution is 2.69. The van der Waals surface area contributed by atoms with Crippen molar-refractivity contribution in [3.63, 3.8) is 0 Å². The second-order valence-electron chi connectivity index (χ2n) is 9.83. The van der Waals surface area contributed by atoms with Gasteiger partial charge in [0.15, 0.2) is 14.1 Å². The first-order chi connectivity index (χ1) is 9.91. The normalized spacial score (nSPS) is 41.6. The molecule has 2 nitrogen and oxygen atoms in total. The Bertz CT molecular complexity index is 542. The summed E-state index contributed by atoms with van der Waals surface area (Å²) >= 11 is 0. The molecule has 0 spiro atoms. The molecule has 4 atom stereocenters. The highest BCUT2D eigenvalue weighted by molar-refractivity contribution is 6.74. The molecule has 0 aromatic heterocycles. The molecule has 3 heteroatoms. The van der Waals surface area contributed by atoms with E-state index in [1.54, 1.807) is 0 Å². The van der Waals surface area contributed by atoms with Crippen molar-refractivity contribution >= 4 is 14.1 Å². The zero-order chi connectivity index (χ0) is 16.6. The SMILES string of the molecule is CC(C)(C)[Si](C)(C)O[C@@H]1CC[C@]2(C)C3=CC(=O)CC3C[C@]12C. The number of allylic oxidation sites excluding steroid dienone is 2. The molecule has 3 rings (SSSR count). The van der Waals surface area contributed by atoms with Crippen LogP contribution in [0.25, 0.3) is 0 Å². The number of hydrogen-bond donors (Lipinski definition) is 0. The van der Waals surface area contributed by atoms with E-state index in [0.29, 0.717) is 17.8 Å². The van der Waals surface area contributed by atoms with Gasteiger partial charge in [-0.25, -0.2) is 0 Å². The Balaban J connectivity index is 1.90. The lowest BCUT2D eigenvalue weighted by molar-refractivity contribution is -0.114. The third kappa shape index (κ3) is 2.04. The predicted molar refractivity (Wildman–Crippen MR) is 93.3 cm³/mol. The Morgan fingerprint density at radius 2 is 1.91 bits per heavy atom.